The molecule has 20 heavy (non-hydrogen) atoms. The number of amides is 1. The maximum absolute atomic E-state index is 12.1. The van der Waals surface area contributed by atoms with Crippen LogP contribution < -0.4 is 5.32 Å². The van der Waals surface area contributed by atoms with E-state index in [9.17, 15) is 9.59 Å². The van der Waals surface area contributed by atoms with Crippen molar-refractivity contribution in [2.24, 2.45) is 0 Å². The third-order valence-electron chi connectivity index (χ3n) is 3.04. The van der Waals surface area contributed by atoms with Crippen molar-refractivity contribution < 1.29 is 14.7 Å². The monoisotopic (exact) mass is 273 g/mol. The molecule has 6 nitrogen and oxygen atoms in total. The lowest BCUT2D eigenvalue weighted by atomic mass is 10.1. The third kappa shape index (κ3) is 2.85. The molecule has 104 valence electrons. The molecular weight excluding hydrogens is 258 g/mol. The SMILES string of the molecule is Cc1ccc(NC(=O)C(C)n2cccn2)cc1C(=O)O. The second kappa shape index (κ2) is 5.56. The fourth-order valence-corrected chi connectivity index (χ4v) is 1.81. The standard InChI is InChI=1S/C14H15N3O3/c1-9-4-5-11(8-12(9)14(19)20)16-13(18)10(2)17-7-3-6-15-17/h3-8,10H,1-2H3,(H,16,18)(H,19,20). The van der Waals surface area contributed by atoms with Gasteiger partial charge in [0.15, 0.2) is 0 Å². The molecule has 2 aromatic rings. The minimum absolute atomic E-state index is 0.176. The van der Waals surface area contributed by atoms with Gasteiger partial charge in [0.1, 0.15) is 6.04 Å². The van der Waals surface area contributed by atoms with Crippen LogP contribution in [0.25, 0.3) is 0 Å². The molecule has 0 spiro atoms. The molecule has 1 unspecified atom stereocenters. The number of aryl methyl sites for hydroxylation is 1. The van der Waals surface area contributed by atoms with Crippen LogP contribution in [0, 0.1) is 6.92 Å². The number of benzene rings is 1. The molecule has 0 bridgehead atoms. The second-order valence-corrected chi connectivity index (χ2v) is 4.49. The second-order valence-electron chi connectivity index (χ2n) is 4.49. The van der Waals surface area contributed by atoms with E-state index in [1.807, 2.05) is 0 Å². The molecule has 2 rings (SSSR count). The Kier molecular flexibility index (Phi) is 3.84. The van der Waals surface area contributed by atoms with Crippen LogP contribution in [0.1, 0.15) is 28.9 Å². The van der Waals surface area contributed by atoms with Gasteiger partial charge in [-0.25, -0.2) is 4.79 Å². The zero-order valence-electron chi connectivity index (χ0n) is 11.2. The highest BCUT2D eigenvalue weighted by atomic mass is 16.4. The summed E-state index contributed by atoms with van der Waals surface area (Å²) >= 11 is 0. The van der Waals surface area contributed by atoms with Gasteiger partial charge < -0.3 is 10.4 Å². The zero-order chi connectivity index (χ0) is 14.7. The number of aromatic nitrogens is 2. The lowest BCUT2D eigenvalue weighted by Crippen LogP contribution is -2.24. The number of carbonyl (C=O) groups is 2. The van der Waals surface area contributed by atoms with Crippen LogP contribution in [0.5, 0.6) is 0 Å². The Labute approximate surface area is 116 Å². The highest BCUT2D eigenvalue weighted by molar-refractivity contribution is 5.96. The van der Waals surface area contributed by atoms with E-state index in [0.29, 0.717) is 11.3 Å². The van der Waals surface area contributed by atoms with E-state index in [4.69, 9.17) is 5.11 Å². The molecule has 0 saturated carbocycles. The van der Waals surface area contributed by atoms with Gasteiger partial charge in [-0.2, -0.15) is 5.10 Å². The first-order valence-corrected chi connectivity index (χ1v) is 6.13. The number of nitrogens with one attached hydrogen (secondary N) is 1. The Hall–Kier alpha value is -2.63. The quantitative estimate of drug-likeness (QED) is 0.893. The fourth-order valence-electron chi connectivity index (χ4n) is 1.81. The summed E-state index contributed by atoms with van der Waals surface area (Å²) in [6.07, 6.45) is 3.29. The zero-order valence-corrected chi connectivity index (χ0v) is 11.2. The summed E-state index contributed by atoms with van der Waals surface area (Å²) in [6.45, 7) is 3.43. The summed E-state index contributed by atoms with van der Waals surface area (Å²) in [5.74, 6) is -1.27. The summed E-state index contributed by atoms with van der Waals surface area (Å²) in [5, 5.41) is 15.7. The molecule has 1 amide bonds. The minimum Gasteiger partial charge on any atom is -0.478 e. The van der Waals surface area contributed by atoms with Gasteiger partial charge in [0.2, 0.25) is 5.91 Å². The molecule has 0 radical (unpaired) electrons. The number of rotatable bonds is 4. The lowest BCUT2D eigenvalue weighted by Gasteiger charge is -2.13. The normalized spacial score (nSPS) is 11.9. The van der Waals surface area contributed by atoms with E-state index < -0.39 is 12.0 Å². The van der Waals surface area contributed by atoms with Crippen molar-refractivity contribution in [2.45, 2.75) is 19.9 Å². The lowest BCUT2D eigenvalue weighted by molar-refractivity contribution is -0.119. The molecular formula is C14H15N3O3. The molecule has 0 aliphatic rings. The van der Waals surface area contributed by atoms with Crippen LogP contribution >= 0.6 is 0 Å². The maximum atomic E-state index is 12.1. The van der Waals surface area contributed by atoms with E-state index >= 15 is 0 Å². The average molecular weight is 273 g/mol. The van der Waals surface area contributed by atoms with Gasteiger partial charge in [-0.05, 0) is 37.6 Å². The van der Waals surface area contributed by atoms with Crippen molar-refractivity contribution in [1.29, 1.82) is 0 Å². The molecule has 1 atom stereocenters. The minimum atomic E-state index is -1.02. The van der Waals surface area contributed by atoms with Gasteiger partial charge in [-0.15, -0.1) is 0 Å². The fraction of sp³-hybridized carbons (Fsp3) is 0.214. The van der Waals surface area contributed by atoms with Crippen LogP contribution in [-0.2, 0) is 4.79 Å². The summed E-state index contributed by atoms with van der Waals surface area (Å²) < 4.78 is 1.53. The van der Waals surface area contributed by atoms with Crippen molar-refractivity contribution >= 4 is 17.6 Å². The van der Waals surface area contributed by atoms with Gasteiger partial charge in [0, 0.05) is 18.1 Å². The van der Waals surface area contributed by atoms with Crippen molar-refractivity contribution in [3.05, 3.63) is 47.8 Å². The van der Waals surface area contributed by atoms with Gasteiger partial charge >= 0.3 is 5.97 Å². The van der Waals surface area contributed by atoms with E-state index in [1.54, 1.807) is 44.4 Å². The number of hydrogen-bond donors (Lipinski definition) is 2. The first-order chi connectivity index (χ1) is 9.49. The highest BCUT2D eigenvalue weighted by Gasteiger charge is 2.16. The third-order valence-corrected chi connectivity index (χ3v) is 3.04. The highest BCUT2D eigenvalue weighted by Crippen LogP contribution is 2.17. The first kappa shape index (κ1) is 13.8. The van der Waals surface area contributed by atoms with Gasteiger partial charge in [0.25, 0.3) is 0 Å². The number of anilines is 1. The van der Waals surface area contributed by atoms with Gasteiger partial charge in [-0.3, -0.25) is 9.48 Å². The Bertz CT molecular complexity index is 635. The largest absolute Gasteiger partial charge is 0.478 e. The van der Waals surface area contributed by atoms with Crippen LogP contribution in [0.3, 0.4) is 0 Å². The first-order valence-electron chi connectivity index (χ1n) is 6.13. The Morgan fingerprint density at radius 1 is 1.40 bits per heavy atom. The molecule has 0 aliphatic heterocycles. The summed E-state index contributed by atoms with van der Waals surface area (Å²) in [4.78, 5) is 23.1. The van der Waals surface area contributed by atoms with E-state index in [0.717, 1.165) is 0 Å². The molecule has 0 saturated heterocycles. The molecule has 2 N–H and O–H groups in total. The van der Waals surface area contributed by atoms with E-state index in [-0.39, 0.29) is 11.5 Å². The Morgan fingerprint density at radius 3 is 2.75 bits per heavy atom. The molecule has 6 heteroatoms. The van der Waals surface area contributed by atoms with Crippen molar-refractivity contribution in [3.8, 4) is 0 Å². The van der Waals surface area contributed by atoms with Gasteiger partial charge in [0.05, 0.1) is 5.56 Å². The Morgan fingerprint density at radius 2 is 2.15 bits per heavy atom. The molecule has 1 heterocycles. The average Bonchev–Trinajstić information content (AvgIpc) is 2.93. The number of hydrogen-bond acceptors (Lipinski definition) is 3. The predicted molar refractivity (Wildman–Crippen MR) is 73.7 cm³/mol. The number of nitrogens with zero attached hydrogens (tertiary/aromatic N) is 2. The molecule has 0 fully saturated rings. The number of carboxylic acids is 1. The summed E-state index contributed by atoms with van der Waals surface area (Å²) in [7, 11) is 0. The molecule has 1 aromatic carbocycles. The number of carbonyl (C=O) groups excluding carboxylic acids is 1. The van der Waals surface area contributed by atoms with Crippen molar-refractivity contribution in [2.75, 3.05) is 5.32 Å². The summed E-state index contributed by atoms with van der Waals surface area (Å²) in [6, 6.07) is 6.05. The number of aromatic carboxylic acids is 1. The van der Waals surface area contributed by atoms with E-state index in [1.165, 1.54) is 10.7 Å². The maximum Gasteiger partial charge on any atom is 0.336 e. The van der Waals surface area contributed by atoms with Crippen molar-refractivity contribution in [3.63, 3.8) is 0 Å². The van der Waals surface area contributed by atoms with Crippen LogP contribution in [0.15, 0.2) is 36.7 Å². The van der Waals surface area contributed by atoms with Crippen molar-refractivity contribution in [1.82, 2.24) is 9.78 Å². The van der Waals surface area contributed by atoms with Gasteiger partial charge in [-0.1, -0.05) is 6.07 Å². The van der Waals surface area contributed by atoms with Crippen LogP contribution in [-0.4, -0.2) is 26.8 Å². The molecule has 1 aromatic heterocycles. The Balaban J connectivity index is 2.16. The number of carboxylic acid groups (broad SMARTS) is 1. The van der Waals surface area contributed by atoms with Crippen LogP contribution in [0.2, 0.25) is 0 Å². The van der Waals surface area contributed by atoms with E-state index in [2.05, 4.69) is 10.4 Å². The topological polar surface area (TPSA) is 84.2 Å². The van der Waals surface area contributed by atoms with Crippen LogP contribution in [0.4, 0.5) is 5.69 Å². The summed E-state index contributed by atoms with van der Waals surface area (Å²) in [5.41, 5.74) is 1.28. The molecule has 0 aliphatic carbocycles. The smallest absolute Gasteiger partial charge is 0.336 e. The predicted octanol–water partition coefficient (Wildman–Crippen LogP) is 2.09.